The van der Waals surface area contributed by atoms with Gasteiger partial charge in [-0.2, -0.15) is 0 Å². The summed E-state index contributed by atoms with van der Waals surface area (Å²) in [5, 5.41) is 0. The lowest BCUT2D eigenvalue weighted by atomic mass is 9.69. The molecule has 0 aromatic heterocycles. The maximum Gasteiger partial charge on any atom is 0.164 e. The fourth-order valence-electron chi connectivity index (χ4n) is 3.24. The molecule has 0 saturated carbocycles. The summed E-state index contributed by atoms with van der Waals surface area (Å²) in [5.74, 6) is 2.85. The van der Waals surface area contributed by atoms with Gasteiger partial charge in [0.1, 0.15) is 0 Å². The molecule has 1 aromatic carbocycles. The van der Waals surface area contributed by atoms with Crippen molar-refractivity contribution in [3.63, 3.8) is 0 Å². The Kier molecular flexibility index (Phi) is 3.31. The molecular weight excluding hydrogens is 224 g/mol. The summed E-state index contributed by atoms with van der Waals surface area (Å²) < 4.78 is 11.4. The second-order valence-electron chi connectivity index (χ2n) is 6.52. The van der Waals surface area contributed by atoms with Crippen LogP contribution in [0.2, 0.25) is 0 Å². The van der Waals surface area contributed by atoms with Crippen LogP contribution in [-0.2, 0) is 0 Å². The number of rotatable bonds is 1. The third-order valence-electron chi connectivity index (χ3n) is 3.78. The molecule has 1 aromatic rings. The van der Waals surface area contributed by atoms with Gasteiger partial charge in [-0.15, -0.1) is 0 Å². The van der Waals surface area contributed by atoms with E-state index in [1.165, 1.54) is 11.1 Å². The Hall–Kier alpha value is -1.18. The standard InChI is InChI=1S/C16H24O2/c1-10-7-12-14(16(3,4)5)11(2)9-18-15(12)13(8-10)17-6/h7-8,11,14H,9H2,1-6H3. The van der Waals surface area contributed by atoms with Gasteiger partial charge in [-0.1, -0.05) is 33.8 Å². The third kappa shape index (κ3) is 2.21. The highest BCUT2D eigenvalue weighted by Crippen LogP contribution is 2.50. The van der Waals surface area contributed by atoms with Crippen LogP contribution in [0.25, 0.3) is 0 Å². The highest BCUT2D eigenvalue weighted by Gasteiger charge is 2.37. The van der Waals surface area contributed by atoms with Crippen LogP contribution >= 0.6 is 0 Å². The summed E-state index contributed by atoms with van der Waals surface area (Å²) in [7, 11) is 1.71. The molecule has 0 N–H and O–H groups in total. The van der Waals surface area contributed by atoms with E-state index in [1.807, 2.05) is 0 Å². The molecule has 2 rings (SSSR count). The molecule has 1 heterocycles. The first-order chi connectivity index (χ1) is 8.34. The number of aryl methyl sites for hydroxylation is 1. The molecule has 0 bridgehead atoms. The summed E-state index contributed by atoms with van der Waals surface area (Å²) in [4.78, 5) is 0. The molecule has 0 spiro atoms. The Morgan fingerprint density at radius 1 is 1.28 bits per heavy atom. The smallest absolute Gasteiger partial charge is 0.164 e. The highest BCUT2D eigenvalue weighted by molar-refractivity contribution is 5.52. The van der Waals surface area contributed by atoms with Crippen LogP contribution in [0.4, 0.5) is 0 Å². The van der Waals surface area contributed by atoms with Gasteiger partial charge in [0.15, 0.2) is 11.5 Å². The van der Waals surface area contributed by atoms with E-state index in [0.29, 0.717) is 11.8 Å². The van der Waals surface area contributed by atoms with Crippen LogP contribution < -0.4 is 9.47 Å². The van der Waals surface area contributed by atoms with Crippen LogP contribution in [0, 0.1) is 18.3 Å². The van der Waals surface area contributed by atoms with E-state index in [1.54, 1.807) is 7.11 Å². The zero-order chi connectivity index (χ0) is 13.5. The maximum absolute atomic E-state index is 5.91. The van der Waals surface area contributed by atoms with Gasteiger partial charge in [0, 0.05) is 5.56 Å². The number of ether oxygens (including phenoxy) is 2. The number of fused-ring (bicyclic) bond motifs is 1. The molecule has 2 nitrogen and oxygen atoms in total. The average Bonchev–Trinajstić information content (AvgIpc) is 2.25. The second-order valence-corrected chi connectivity index (χ2v) is 6.52. The zero-order valence-electron chi connectivity index (χ0n) is 12.3. The monoisotopic (exact) mass is 248 g/mol. The van der Waals surface area contributed by atoms with E-state index in [-0.39, 0.29) is 5.41 Å². The van der Waals surface area contributed by atoms with Crippen molar-refractivity contribution in [2.45, 2.75) is 40.5 Å². The summed E-state index contributed by atoms with van der Waals surface area (Å²) in [6.07, 6.45) is 0. The van der Waals surface area contributed by atoms with Crippen LogP contribution in [-0.4, -0.2) is 13.7 Å². The number of hydrogen-bond donors (Lipinski definition) is 0. The minimum Gasteiger partial charge on any atom is -0.493 e. The summed E-state index contributed by atoms with van der Waals surface area (Å²) in [6, 6.07) is 4.30. The molecule has 0 radical (unpaired) electrons. The minimum absolute atomic E-state index is 0.233. The number of benzene rings is 1. The van der Waals surface area contributed by atoms with Crippen LogP contribution in [0.3, 0.4) is 0 Å². The van der Waals surface area contributed by atoms with Crippen molar-refractivity contribution in [1.29, 1.82) is 0 Å². The van der Waals surface area contributed by atoms with Gasteiger partial charge in [0.2, 0.25) is 0 Å². The van der Waals surface area contributed by atoms with E-state index >= 15 is 0 Å². The molecular formula is C16H24O2. The first-order valence-corrected chi connectivity index (χ1v) is 6.66. The minimum atomic E-state index is 0.233. The summed E-state index contributed by atoms with van der Waals surface area (Å²) >= 11 is 0. The van der Waals surface area contributed by atoms with Gasteiger partial charge in [-0.25, -0.2) is 0 Å². The molecule has 1 aliphatic rings. The molecule has 100 valence electrons. The normalized spacial score (nSPS) is 23.2. The van der Waals surface area contributed by atoms with Crippen molar-refractivity contribution in [1.82, 2.24) is 0 Å². The SMILES string of the molecule is COc1cc(C)cc2c1OCC(C)C2C(C)(C)C. The lowest BCUT2D eigenvalue weighted by Crippen LogP contribution is -2.32. The molecule has 2 heteroatoms. The Morgan fingerprint density at radius 2 is 1.94 bits per heavy atom. The largest absolute Gasteiger partial charge is 0.493 e. The Morgan fingerprint density at radius 3 is 2.50 bits per heavy atom. The number of methoxy groups -OCH3 is 1. The predicted molar refractivity (Wildman–Crippen MR) is 74.6 cm³/mol. The topological polar surface area (TPSA) is 18.5 Å². The summed E-state index contributed by atoms with van der Waals surface area (Å²) in [5.41, 5.74) is 2.77. The molecule has 0 saturated heterocycles. The van der Waals surface area contributed by atoms with E-state index in [0.717, 1.165) is 18.1 Å². The zero-order valence-corrected chi connectivity index (χ0v) is 12.3. The van der Waals surface area contributed by atoms with Crippen LogP contribution in [0.15, 0.2) is 12.1 Å². The molecule has 0 aliphatic carbocycles. The van der Waals surface area contributed by atoms with E-state index in [9.17, 15) is 0 Å². The molecule has 0 fully saturated rings. The van der Waals surface area contributed by atoms with Gasteiger partial charge in [-0.05, 0) is 35.8 Å². The molecule has 2 atom stereocenters. The predicted octanol–water partition coefficient (Wildman–Crippen LogP) is 4.16. The summed E-state index contributed by atoms with van der Waals surface area (Å²) in [6.45, 7) is 12.1. The quantitative estimate of drug-likeness (QED) is 0.743. The van der Waals surface area contributed by atoms with Crippen molar-refractivity contribution in [3.8, 4) is 11.5 Å². The fraction of sp³-hybridized carbons (Fsp3) is 0.625. The van der Waals surface area contributed by atoms with Crippen molar-refractivity contribution >= 4 is 0 Å². The fourth-order valence-corrected chi connectivity index (χ4v) is 3.24. The van der Waals surface area contributed by atoms with Crippen molar-refractivity contribution in [2.24, 2.45) is 11.3 Å². The van der Waals surface area contributed by atoms with E-state index in [2.05, 4.69) is 46.8 Å². The van der Waals surface area contributed by atoms with Crippen LogP contribution in [0.1, 0.15) is 44.7 Å². The molecule has 1 aliphatic heterocycles. The lowest BCUT2D eigenvalue weighted by Gasteiger charge is -2.40. The van der Waals surface area contributed by atoms with Crippen LogP contribution in [0.5, 0.6) is 11.5 Å². The van der Waals surface area contributed by atoms with Crippen molar-refractivity contribution < 1.29 is 9.47 Å². The second kappa shape index (κ2) is 4.49. The lowest BCUT2D eigenvalue weighted by molar-refractivity contribution is 0.138. The third-order valence-corrected chi connectivity index (χ3v) is 3.78. The van der Waals surface area contributed by atoms with Gasteiger partial charge in [0.25, 0.3) is 0 Å². The van der Waals surface area contributed by atoms with Gasteiger partial charge in [0.05, 0.1) is 13.7 Å². The maximum atomic E-state index is 5.91. The highest BCUT2D eigenvalue weighted by atomic mass is 16.5. The Bertz CT molecular complexity index is 443. The van der Waals surface area contributed by atoms with E-state index < -0.39 is 0 Å². The van der Waals surface area contributed by atoms with Crippen molar-refractivity contribution in [2.75, 3.05) is 13.7 Å². The molecule has 18 heavy (non-hydrogen) atoms. The molecule has 2 unspecified atom stereocenters. The first kappa shape index (κ1) is 13.3. The number of hydrogen-bond acceptors (Lipinski definition) is 2. The van der Waals surface area contributed by atoms with Crippen molar-refractivity contribution in [3.05, 3.63) is 23.3 Å². The van der Waals surface area contributed by atoms with Gasteiger partial charge in [-0.3, -0.25) is 0 Å². The molecule has 0 amide bonds. The van der Waals surface area contributed by atoms with Gasteiger partial charge >= 0.3 is 0 Å². The van der Waals surface area contributed by atoms with Gasteiger partial charge < -0.3 is 9.47 Å². The average molecular weight is 248 g/mol. The Labute approximate surface area is 110 Å². The van der Waals surface area contributed by atoms with E-state index in [4.69, 9.17) is 9.47 Å². The first-order valence-electron chi connectivity index (χ1n) is 6.66. The Balaban J connectivity index is 2.59.